The third-order valence-corrected chi connectivity index (χ3v) is 3.22. The Hall–Kier alpha value is -0.840. The molecule has 4 nitrogen and oxygen atoms in total. The van der Waals surface area contributed by atoms with E-state index in [4.69, 9.17) is 23.2 Å². The summed E-state index contributed by atoms with van der Waals surface area (Å²) in [6, 6.07) is 1.52. The van der Waals surface area contributed by atoms with Crippen LogP contribution in [-0.4, -0.2) is 43.0 Å². The van der Waals surface area contributed by atoms with Crippen LogP contribution in [0.5, 0.6) is 0 Å². The highest BCUT2D eigenvalue weighted by atomic mass is 35.5. The van der Waals surface area contributed by atoms with Gasteiger partial charge in [-0.2, -0.15) is 0 Å². The van der Waals surface area contributed by atoms with Gasteiger partial charge in [0.05, 0.1) is 10.6 Å². The third-order valence-electron chi connectivity index (χ3n) is 2.53. The number of aromatic nitrogens is 1. The van der Waals surface area contributed by atoms with Gasteiger partial charge in [0.15, 0.2) is 0 Å². The molecule has 0 aliphatic heterocycles. The molecule has 0 saturated carbocycles. The molecular weight excluding hydrogens is 285 g/mol. The number of pyridine rings is 1. The monoisotopic (exact) mass is 303 g/mol. The number of hydrogen-bond donors (Lipinski definition) is 1. The first-order valence-electron chi connectivity index (χ1n) is 5.95. The van der Waals surface area contributed by atoms with E-state index in [1.54, 1.807) is 0 Å². The highest BCUT2D eigenvalue weighted by Gasteiger charge is 2.20. The van der Waals surface area contributed by atoms with Crippen molar-refractivity contribution in [2.45, 2.75) is 13.8 Å². The summed E-state index contributed by atoms with van der Waals surface area (Å²) in [6.45, 7) is 5.65. The minimum Gasteiger partial charge on any atom is -0.351 e. The minimum absolute atomic E-state index is 0.0111. The average Bonchev–Trinajstić information content (AvgIpc) is 2.28. The summed E-state index contributed by atoms with van der Waals surface area (Å²) in [5.41, 5.74) is 0.401. The maximum Gasteiger partial charge on any atom is 0.252 e. The molecule has 0 radical (unpaired) electrons. The zero-order valence-electron chi connectivity index (χ0n) is 11.6. The third kappa shape index (κ3) is 5.35. The van der Waals surface area contributed by atoms with Gasteiger partial charge >= 0.3 is 0 Å². The van der Waals surface area contributed by atoms with Gasteiger partial charge in [-0.05, 0) is 25.6 Å². The molecule has 0 aliphatic rings. The molecule has 106 valence electrons. The van der Waals surface area contributed by atoms with E-state index >= 15 is 0 Å². The first-order valence-corrected chi connectivity index (χ1v) is 6.71. The Labute approximate surface area is 124 Å². The van der Waals surface area contributed by atoms with Crippen molar-refractivity contribution >= 4 is 29.1 Å². The van der Waals surface area contributed by atoms with Gasteiger partial charge in [-0.1, -0.05) is 37.0 Å². The molecule has 1 aromatic rings. The smallest absolute Gasteiger partial charge is 0.252 e. The van der Waals surface area contributed by atoms with Crippen molar-refractivity contribution in [3.8, 4) is 0 Å². The Morgan fingerprint density at radius 2 is 2.05 bits per heavy atom. The Morgan fingerprint density at radius 3 is 2.58 bits per heavy atom. The van der Waals surface area contributed by atoms with Crippen molar-refractivity contribution in [2.75, 3.05) is 27.2 Å². The SMILES string of the molecule is CN(C)CC(C)(C)CNC(=O)c1cnc(Cl)c(Cl)c1. The van der Waals surface area contributed by atoms with Gasteiger partial charge in [0, 0.05) is 19.3 Å². The standard InChI is InChI=1S/C13H19Cl2N3O/c1-13(2,8-18(3)4)7-17-12(19)9-5-10(14)11(15)16-6-9/h5-6H,7-8H2,1-4H3,(H,17,19). The number of carbonyl (C=O) groups is 1. The van der Waals surface area contributed by atoms with Crippen molar-refractivity contribution in [2.24, 2.45) is 5.41 Å². The van der Waals surface area contributed by atoms with Gasteiger partial charge in [0.25, 0.3) is 5.91 Å². The number of nitrogens with zero attached hydrogens (tertiary/aromatic N) is 2. The summed E-state index contributed by atoms with van der Waals surface area (Å²) in [4.78, 5) is 17.9. The number of rotatable bonds is 5. The topological polar surface area (TPSA) is 45.2 Å². The fourth-order valence-electron chi connectivity index (χ4n) is 1.88. The Bertz CT molecular complexity index is 461. The van der Waals surface area contributed by atoms with Crippen molar-refractivity contribution < 1.29 is 4.79 Å². The van der Waals surface area contributed by atoms with E-state index in [0.29, 0.717) is 12.1 Å². The van der Waals surface area contributed by atoms with Gasteiger partial charge in [-0.15, -0.1) is 0 Å². The summed E-state index contributed by atoms with van der Waals surface area (Å²) in [6.07, 6.45) is 1.42. The van der Waals surface area contributed by atoms with Crippen LogP contribution in [0.25, 0.3) is 0 Å². The van der Waals surface area contributed by atoms with Crippen molar-refractivity contribution in [1.82, 2.24) is 15.2 Å². The molecule has 0 spiro atoms. The van der Waals surface area contributed by atoms with Crippen LogP contribution in [0, 0.1) is 5.41 Å². The molecule has 0 unspecified atom stereocenters. The number of halogens is 2. The molecule has 0 atom stereocenters. The van der Waals surface area contributed by atoms with Crippen molar-refractivity contribution in [3.05, 3.63) is 28.0 Å². The lowest BCUT2D eigenvalue weighted by atomic mass is 9.93. The Kier molecular flexibility index (Phi) is 5.59. The van der Waals surface area contributed by atoms with Crippen LogP contribution in [0.3, 0.4) is 0 Å². The molecule has 1 amide bonds. The largest absolute Gasteiger partial charge is 0.351 e. The Morgan fingerprint density at radius 1 is 1.42 bits per heavy atom. The molecule has 6 heteroatoms. The summed E-state index contributed by atoms with van der Waals surface area (Å²) in [7, 11) is 4.01. The molecule has 1 heterocycles. The fraction of sp³-hybridized carbons (Fsp3) is 0.538. The first kappa shape index (κ1) is 16.2. The fourth-order valence-corrected chi connectivity index (χ4v) is 2.15. The highest BCUT2D eigenvalue weighted by Crippen LogP contribution is 2.20. The summed E-state index contributed by atoms with van der Waals surface area (Å²) >= 11 is 11.5. The number of amides is 1. The predicted octanol–water partition coefficient (Wildman–Crippen LogP) is 2.71. The van der Waals surface area contributed by atoms with E-state index in [9.17, 15) is 4.79 Å². The van der Waals surface area contributed by atoms with Crippen LogP contribution in [0.4, 0.5) is 0 Å². The second kappa shape index (κ2) is 6.55. The maximum absolute atomic E-state index is 12.0. The van der Waals surface area contributed by atoms with Crippen LogP contribution in [0.1, 0.15) is 24.2 Å². The zero-order chi connectivity index (χ0) is 14.6. The Balaban J connectivity index is 2.62. The molecule has 1 N–H and O–H groups in total. The van der Waals surface area contributed by atoms with Gasteiger partial charge in [0.1, 0.15) is 5.15 Å². The summed E-state index contributed by atoms with van der Waals surface area (Å²) < 4.78 is 0. The van der Waals surface area contributed by atoms with E-state index in [0.717, 1.165) is 6.54 Å². The van der Waals surface area contributed by atoms with Gasteiger partial charge in [-0.3, -0.25) is 4.79 Å². The van der Waals surface area contributed by atoms with E-state index < -0.39 is 0 Å². The normalized spacial score (nSPS) is 11.7. The van der Waals surface area contributed by atoms with Crippen LogP contribution in [-0.2, 0) is 0 Å². The first-order chi connectivity index (χ1) is 8.71. The van der Waals surface area contributed by atoms with E-state index in [1.165, 1.54) is 12.3 Å². The molecule has 0 saturated heterocycles. The molecular formula is C13H19Cl2N3O. The van der Waals surface area contributed by atoms with Gasteiger partial charge in [-0.25, -0.2) is 4.98 Å². The quantitative estimate of drug-likeness (QED) is 0.851. The molecule has 1 aromatic heterocycles. The lowest BCUT2D eigenvalue weighted by molar-refractivity contribution is 0.0929. The van der Waals surface area contributed by atoms with Crippen LogP contribution >= 0.6 is 23.2 Å². The molecule has 1 rings (SSSR count). The molecule has 0 aromatic carbocycles. The second-order valence-corrected chi connectivity index (χ2v) is 6.35. The van der Waals surface area contributed by atoms with Crippen LogP contribution < -0.4 is 5.32 Å². The van der Waals surface area contributed by atoms with E-state index in [2.05, 4.69) is 29.0 Å². The lowest BCUT2D eigenvalue weighted by Crippen LogP contribution is -2.40. The molecule has 0 fully saturated rings. The minimum atomic E-state index is -0.196. The van der Waals surface area contributed by atoms with Gasteiger partial charge in [0.2, 0.25) is 0 Å². The van der Waals surface area contributed by atoms with Gasteiger partial charge < -0.3 is 10.2 Å². The average molecular weight is 304 g/mol. The maximum atomic E-state index is 12.0. The highest BCUT2D eigenvalue weighted by molar-refractivity contribution is 6.41. The summed E-state index contributed by atoms with van der Waals surface area (Å²) in [5.74, 6) is -0.196. The number of carbonyl (C=O) groups excluding carboxylic acids is 1. The van der Waals surface area contributed by atoms with E-state index in [-0.39, 0.29) is 21.5 Å². The lowest BCUT2D eigenvalue weighted by Gasteiger charge is -2.28. The molecule has 0 aliphatic carbocycles. The van der Waals surface area contributed by atoms with E-state index in [1.807, 2.05) is 14.1 Å². The zero-order valence-corrected chi connectivity index (χ0v) is 13.1. The number of hydrogen-bond acceptors (Lipinski definition) is 3. The number of nitrogens with one attached hydrogen (secondary N) is 1. The van der Waals surface area contributed by atoms with Crippen LogP contribution in [0.2, 0.25) is 10.2 Å². The van der Waals surface area contributed by atoms with Crippen molar-refractivity contribution in [1.29, 1.82) is 0 Å². The summed E-state index contributed by atoms with van der Waals surface area (Å²) in [5, 5.41) is 3.36. The van der Waals surface area contributed by atoms with Crippen molar-refractivity contribution in [3.63, 3.8) is 0 Å². The predicted molar refractivity (Wildman–Crippen MR) is 78.9 cm³/mol. The molecule has 0 bridgehead atoms. The molecule has 19 heavy (non-hydrogen) atoms. The second-order valence-electron chi connectivity index (χ2n) is 5.58. The van der Waals surface area contributed by atoms with Crippen LogP contribution in [0.15, 0.2) is 12.3 Å².